The van der Waals surface area contributed by atoms with Crippen molar-refractivity contribution in [2.75, 3.05) is 0 Å². The minimum absolute atomic E-state index is 0.0198. The predicted octanol–water partition coefficient (Wildman–Crippen LogP) is 3.79. The van der Waals surface area contributed by atoms with Crippen LogP contribution in [0.15, 0.2) is 53.6 Å². The summed E-state index contributed by atoms with van der Waals surface area (Å²) in [5.74, 6) is -0.536. The molecule has 0 bridgehead atoms. The summed E-state index contributed by atoms with van der Waals surface area (Å²) in [6.07, 6.45) is 0.630. The zero-order valence-electron chi connectivity index (χ0n) is 12.3. The Balaban J connectivity index is 2.20. The van der Waals surface area contributed by atoms with Gasteiger partial charge in [0.2, 0.25) is 0 Å². The molecule has 0 saturated heterocycles. The van der Waals surface area contributed by atoms with Crippen LogP contribution in [0.3, 0.4) is 0 Å². The van der Waals surface area contributed by atoms with Gasteiger partial charge in [-0.3, -0.25) is 14.9 Å². The molecule has 0 saturated carbocycles. The Morgan fingerprint density at radius 2 is 1.91 bits per heavy atom. The molecule has 2 aromatic rings. The van der Waals surface area contributed by atoms with E-state index in [1.165, 1.54) is 12.1 Å². The molecule has 0 radical (unpaired) electrons. The van der Waals surface area contributed by atoms with Crippen LogP contribution in [0.4, 0.5) is 5.69 Å². The summed E-state index contributed by atoms with van der Waals surface area (Å²) in [4.78, 5) is 22.3. The molecule has 23 heavy (non-hydrogen) atoms. The maximum absolute atomic E-state index is 12.1. The van der Waals surface area contributed by atoms with Crippen molar-refractivity contribution < 1.29 is 9.72 Å². The summed E-state index contributed by atoms with van der Waals surface area (Å²) in [5.41, 5.74) is 3.83. The summed E-state index contributed by atoms with van der Waals surface area (Å²) in [6, 6.07) is 13.3. The third-order valence-corrected chi connectivity index (χ3v) is 3.46. The van der Waals surface area contributed by atoms with Gasteiger partial charge in [0.15, 0.2) is 0 Å². The monoisotopic (exact) mass is 331 g/mol. The van der Waals surface area contributed by atoms with E-state index in [0.29, 0.717) is 12.1 Å². The zero-order chi connectivity index (χ0) is 16.8. The number of nitrogens with one attached hydrogen (secondary N) is 1. The number of rotatable bonds is 5. The molecule has 118 valence electrons. The van der Waals surface area contributed by atoms with Crippen molar-refractivity contribution in [2.24, 2.45) is 5.10 Å². The fraction of sp³-hybridized carbons (Fsp3) is 0.125. The van der Waals surface area contributed by atoms with Crippen molar-refractivity contribution in [3.8, 4) is 0 Å². The van der Waals surface area contributed by atoms with Crippen molar-refractivity contribution in [3.63, 3.8) is 0 Å². The molecular formula is C16H14ClN3O3. The molecule has 0 atom stereocenters. The highest BCUT2D eigenvalue weighted by molar-refractivity contribution is 6.32. The number of hydrogen-bond donors (Lipinski definition) is 1. The Morgan fingerprint density at radius 3 is 2.52 bits per heavy atom. The number of amides is 1. The lowest BCUT2D eigenvalue weighted by Gasteiger charge is -2.05. The van der Waals surface area contributed by atoms with Crippen molar-refractivity contribution in [1.29, 1.82) is 0 Å². The molecule has 0 unspecified atom stereocenters. The van der Waals surface area contributed by atoms with E-state index in [9.17, 15) is 14.9 Å². The maximum Gasteiger partial charge on any atom is 0.288 e. The number of carbonyl (C=O) groups excluding carboxylic acids is 1. The lowest BCUT2D eigenvalue weighted by Crippen LogP contribution is -2.20. The average Bonchev–Trinajstić information content (AvgIpc) is 2.56. The molecule has 0 fully saturated rings. The molecule has 6 nitrogen and oxygen atoms in total. The van der Waals surface area contributed by atoms with Crippen LogP contribution in [0.2, 0.25) is 5.02 Å². The molecule has 0 aromatic heterocycles. The normalized spacial score (nSPS) is 11.1. The van der Waals surface area contributed by atoms with Crippen molar-refractivity contribution in [2.45, 2.75) is 13.3 Å². The second kappa shape index (κ2) is 7.51. The highest BCUT2D eigenvalue weighted by Gasteiger charge is 2.16. The van der Waals surface area contributed by atoms with Crippen molar-refractivity contribution in [3.05, 3.63) is 74.8 Å². The van der Waals surface area contributed by atoms with E-state index in [2.05, 4.69) is 10.5 Å². The highest BCUT2D eigenvalue weighted by Crippen LogP contribution is 2.24. The smallest absolute Gasteiger partial charge is 0.267 e. The summed E-state index contributed by atoms with van der Waals surface area (Å²) < 4.78 is 0. The Kier molecular flexibility index (Phi) is 5.43. The van der Waals surface area contributed by atoms with Gasteiger partial charge in [-0.15, -0.1) is 0 Å². The topological polar surface area (TPSA) is 84.6 Å². The summed E-state index contributed by atoms with van der Waals surface area (Å²) in [5, 5.41) is 14.9. The van der Waals surface area contributed by atoms with E-state index in [-0.39, 0.29) is 16.3 Å². The lowest BCUT2D eigenvalue weighted by atomic mass is 10.1. The van der Waals surface area contributed by atoms with Gasteiger partial charge in [-0.1, -0.05) is 48.9 Å². The number of carbonyl (C=O) groups is 1. The van der Waals surface area contributed by atoms with Crippen LogP contribution in [-0.2, 0) is 0 Å². The van der Waals surface area contributed by atoms with E-state index in [4.69, 9.17) is 11.6 Å². The summed E-state index contributed by atoms with van der Waals surface area (Å²) in [6.45, 7) is 1.92. The average molecular weight is 332 g/mol. The van der Waals surface area contributed by atoms with Gasteiger partial charge < -0.3 is 0 Å². The fourth-order valence-corrected chi connectivity index (χ4v) is 2.14. The standard InChI is InChI=1S/C16H14ClN3O3/c1-2-14(11-6-4-3-5-7-11)18-19-16(21)12-8-9-13(17)15(10-12)20(22)23/h3-10H,2H2,1H3,(H,19,21)/b18-14+. The van der Waals surface area contributed by atoms with E-state index in [1.54, 1.807) is 0 Å². The molecule has 2 aromatic carbocycles. The lowest BCUT2D eigenvalue weighted by molar-refractivity contribution is -0.384. The molecule has 7 heteroatoms. The summed E-state index contributed by atoms with van der Waals surface area (Å²) in [7, 11) is 0. The molecular weight excluding hydrogens is 318 g/mol. The SMILES string of the molecule is CC/C(=N\NC(=O)c1ccc(Cl)c([N+](=O)[O-])c1)c1ccccc1. The predicted molar refractivity (Wildman–Crippen MR) is 88.8 cm³/mol. The first-order valence-electron chi connectivity index (χ1n) is 6.89. The Morgan fingerprint density at radius 1 is 1.22 bits per heavy atom. The number of nitrogens with zero attached hydrogens (tertiary/aromatic N) is 2. The number of halogens is 1. The van der Waals surface area contributed by atoms with Crippen molar-refractivity contribution >= 4 is 28.9 Å². The van der Waals surface area contributed by atoms with Crippen LogP contribution in [0, 0.1) is 10.1 Å². The van der Waals surface area contributed by atoms with Crippen LogP contribution in [0.25, 0.3) is 0 Å². The van der Waals surface area contributed by atoms with Crippen LogP contribution < -0.4 is 5.43 Å². The van der Waals surface area contributed by atoms with Gasteiger partial charge in [-0.05, 0) is 24.1 Å². The quantitative estimate of drug-likeness (QED) is 0.514. The van der Waals surface area contributed by atoms with Gasteiger partial charge in [0.1, 0.15) is 5.02 Å². The molecule has 1 amide bonds. The molecule has 0 heterocycles. The van der Waals surface area contributed by atoms with Gasteiger partial charge in [0.25, 0.3) is 11.6 Å². The number of hydrogen-bond acceptors (Lipinski definition) is 4. The Labute approximate surface area is 137 Å². The number of hydrazone groups is 1. The van der Waals surface area contributed by atoms with Crippen LogP contribution in [0.1, 0.15) is 29.3 Å². The maximum atomic E-state index is 12.1. The first-order valence-corrected chi connectivity index (χ1v) is 7.27. The van der Waals surface area contributed by atoms with Gasteiger partial charge >= 0.3 is 0 Å². The van der Waals surface area contributed by atoms with Crippen LogP contribution in [0.5, 0.6) is 0 Å². The third-order valence-electron chi connectivity index (χ3n) is 3.14. The molecule has 0 aliphatic carbocycles. The van der Waals surface area contributed by atoms with Crippen LogP contribution >= 0.6 is 11.6 Å². The van der Waals surface area contributed by atoms with Gasteiger partial charge in [-0.2, -0.15) is 5.10 Å². The molecule has 1 N–H and O–H groups in total. The van der Waals surface area contributed by atoms with Gasteiger partial charge in [-0.25, -0.2) is 5.43 Å². The Bertz CT molecular complexity index is 760. The minimum Gasteiger partial charge on any atom is -0.267 e. The zero-order valence-corrected chi connectivity index (χ0v) is 13.1. The van der Waals surface area contributed by atoms with E-state index in [1.807, 2.05) is 37.3 Å². The summed E-state index contributed by atoms with van der Waals surface area (Å²) >= 11 is 5.72. The molecule has 0 spiro atoms. The highest BCUT2D eigenvalue weighted by atomic mass is 35.5. The van der Waals surface area contributed by atoms with E-state index < -0.39 is 10.8 Å². The number of nitro groups is 1. The fourth-order valence-electron chi connectivity index (χ4n) is 1.95. The Hall–Kier alpha value is -2.73. The molecule has 2 rings (SSSR count). The second-order valence-electron chi connectivity index (χ2n) is 4.64. The number of nitro benzene ring substituents is 1. The third kappa shape index (κ3) is 4.14. The minimum atomic E-state index is -0.635. The van der Waals surface area contributed by atoms with Gasteiger partial charge in [0.05, 0.1) is 10.6 Å². The second-order valence-corrected chi connectivity index (χ2v) is 5.05. The first kappa shape index (κ1) is 16.6. The first-order chi connectivity index (χ1) is 11.0. The number of benzene rings is 2. The van der Waals surface area contributed by atoms with E-state index >= 15 is 0 Å². The molecule has 0 aliphatic heterocycles. The van der Waals surface area contributed by atoms with Crippen molar-refractivity contribution in [1.82, 2.24) is 5.43 Å². The van der Waals surface area contributed by atoms with Gasteiger partial charge in [0, 0.05) is 11.6 Å². The molecule has 0 aliphatic rings. The van der Waals surface area contributed by atoms with E-state index in [0.717, 1.165) is 11.6 Å². The van der Waals surface area contributed by atoms with Crippen LogP contribution in [-0.4, -0.2) is 16.5 Å². The largest absolute Gasteiger partial charge is 0.288 e.